The van der Waals surface area contributed by atoms with E-state index >= 15 is 0 Å². The van der Waals surface area contributed by atoms with Gasteiger partial charge >= 0.3 is 0 Å². The van der Waals surface area contributed by atoms with Crippen LogP contribution < -0.4 is 0 Å². The number of fused-ring (bicyclic) bond motifs is 29. The van der Waals surface area contributed by atoms with Gasteiger partial charge in [0.05, 0.1) is 6.57 Å². The van der Waals surface area contributed by atoms with Crippen LogP contribution in [0.3, 0.4) is 0 Å². The molecule has 25 aromatic rings. The van der Waals surface area contributed by atoms with Gasteiger partial charge in [-0.05, 0) is 223 Å². The average molecular weight is 1540 g/mol. The van der Waals surface area contributed by atoms with Crippen LogP contribution >= 0.6 is 34.0 Å². The predicted molar refractivity (Wildman–Crippen MR) is 515 cm³/mol. The number of benzene rings is 22. The minimum atomic E-state index is 0.0203. The van der Waals surface area contributed by atoms with Crippen molar-refractivity contribution in [3.05, 3.63) is 393 Å². The summed E-state index contributed by atoms with van der Waals surface area (Å²) in [5.74, 6) is 0. The fourth-order valence-corrected chi connectivity index (χ4v) is 23.4. The van der Waals surface area contributed by atoms with E-state index in [0.717, 1.165) is 10.8 Å². The molecular formula is C113H71NS3. The van der Waals surface area contributed by atoms with Gasteiger partial charge in [-0.2, -0.15) is 0 Å². The standard InChI is InChI=1S/C40H24S.C38H28S.C35H19NS/c1-2-11-25(12-3-1)27-18-10-19-32-36(27)24-37(33-21-22-34-31-17-8-9-20-38(31)41-40(34)39(32)33)35-23-26-13-4-5-14-28(26)29-15-6-7-16-30(29)35;1-38(2,3)36-29-17-8-6-15-26(29)34(27-16-7-9-18-30(27)36)32-22-23-12-4-5-13-24(23)35-28(32)20-21-31-25-14-10-11-19-33(25)39-37(31)35;1-36-23-15-14-22-19-32(31-18-21-8-2-3-9-24(21)25-10-4-5-11-26(25)31)28-16-17-29-27-12-6-7-13-33(27)37-35(29)34(28)30(22)20-23/h1-24H;4-22H,1-3H3;2-20H. The molecule has 0 amide bonds. The number of rotatable bonds is 4. The molecular weight excluding hydrogens is 1470 g/mol. The molecule has 0 radical (unpaired) electrons. The Kier molecular flexibility index (Phi) is 15.9. The first kappa shape index (κ1) is 68.7. The van der Waals surface area contributed by atoms with E-state index < -0.39 is 0 Å². The third-order valence-corrected chi connectivity index (χ3v) is 28.2. The molecule has 117 heavy (non-hydrogen) atoms. The molecule has 0 aliphatic rings. The summed E-state index contributed by atoms with van der Waals surface area (Å²) in [5.41, 5.74) is 12.4. The molecule has 3 aromatic heterocycles. The highest BCUT2D eigenvalue weighted by atomic mass is 32.1. The van der Waals surface area contributed by atoms with Gasteiger partial charge in [0.15, 0.2) is 5.69 Å². The third kappa shape index (κ3) is 10.9. The van der Waals surface area contributed by atoms with Crippen LogP contribution in [0.25, 0.3) is 239 Å². The zero-order chi connectivity index (χ0) is 77.7. The van der Waals surface area contributed by atoms with Crippen molar-refractivity contribution in [2.24, 2.45) is 0 Å². The molecule has 22 aromatic carbocycles. The maximum atomic E-state index is 7.65. The third-order valence-electron chi connectivity index (χ3n) is 24.6. The van der Waals surface area contributed by atoms with Gasteiger partial charge in [0.2, 0.25) is 0 Å². The molecule has 0 aliphatic carbocycles. The van der Waals surface area contributed by atoms with Crippen molar-refractivity contribution < 1.29 is 0 Å². The zero-order valence-corrected chi connectivity index (χ0v) is 66.9. The van der Waals surface area contributed by atoms with Crippen molar-refractivity contribution in [2.75, 3.05) is 0 Å². The smallest absolute Gasteiger partial charge is 0.187 e. The first-order chi connectivity index (χ1) is 57.6. The van der Waals surface area contributed by atoms with E-state index in [0.29, 0.717) is 5.69 Å². The highest BCUT2D eigenvalue weighted by molar-refractivity contribution is 7.27. The minimum Gasteiger partial charge on any atom is -0.238 e. The Labute approximate surface area is 687 Å². The molecule has 0 fully saturated rings. The lowest BCUT2D eigenvalue weighted by atomic mass is 9.77. The van der Waals surface area contributed by atoms with Crippen LogP contribution in [-0.2, 0) is 5.41 Å². The van der Waals surface area contributed by atoms with Gasteiger partial charge in [0, 0.05) is 76.7 Å². The van der Waals surface area contributed by atoms with Gasteiger partial charge in [-0.15, -0.1) is 34.0 Å². The summed E-state index contributed by atoms with van der Waals surface area (Å²) in [6.07, 6.45) is 0. The molecule has 546 valence electrons. The van der Waals surface area contributed by atoms with Crippen LogP contribution in [0.4, 0.5) is 5.69 Å². The number of thiophene rings is 3. The van der Waals surface area contributed by atoms with Crippen molar-refractivity contribution in [1.82, 2.24) is 0 Å². The number of hydrogen-bond acceptors (Lipinski definition) is 3. The van der Waals surface area contributed by atoms with Gasteiger partial charge in [0.25, 0.3) is 0 Å². The normalized spacial score (nSPS) is 12.1. The number of nitrogens with zero attached hydrogens (tertiary/aromatic N) is 1. The predicted octanol–water partition coefficient (Wildman–Crippen LogP) is 34.5. The van der Waals surface area contributed by atoms with Gasteiger partial charge in [-0.1, -0.05) is 342 Å². The van der Waals surface area contributed by atoms with Crippen LogP contribution in [0.1, 0.15) is 26.3 Å². The van der Waals surface area contributed by atoms with Gasteiger partial charge < -0.3 is 0 Å². The Balaban J connectivity index is 0.000000103. The first-order valence-electron chi connectivity index (χ1n) is 40.2. The van der Waals surface area contributed by atoms with E-state index in [1.54, 1.807) is 0 Å². The Hall–Kier alpha value is -13.9. The lowest BCUT2D eigenvalue weighted by molar-refractivity contribution is 0.601. The fourth-order valence-electron chi connectivity index (χ4n) is 19.6. The van der Waals surface area contributed by atoms with Crippen LogP contribution in [0.2, 0.25) is 0 Å². The highest BCUT2D eigenvalue weighted by Crippen LogP contribution is 2.53. The SMILES string of the molecule is CC(C)(C)c1c2ccccc2c(-c2cc3ccccc3c3c2ccc2c4ccccc4sc23)c2ccccc12.[C-]#[N+]c1ccc2cc(-c3cc4ccccc4c4ccccc34)c3ccc4c5ccccc5sc4c3c2c1.c1ccc(-c2cccc3c2cc(-c2cc4ccccc4c4ccccc24)c2ccc4c5ccccc5sc4c23)cc1. The summed E-state index contributed by atoms with van der Waals surface area (Å²) in [4.78, 5) is 3.76. The summed E-state index contributed by atoms with van der Waals surface area (Å²) in [6.45, 7) is 14.7. The second kappa shape index (κ2) is 27.1. The van der Waals surface area contributed by atoms with Crippen molar-refractivity contribution in [1.29, 1.82) is 0 Å². The van der Waals surface area contributed by atoms with Crippen LogP contribution in [0.15, 0.2) is 376 Å². The molecule has 1 nitrogen and oxygen atoms in total. The summed E-state index contributed by atoms with van der Waals surface area (Å²) in [7, 11) is 0. The molecule has 0 aliphatic heterocycles. The van der Waals surface area contributed by atoms with E-state index in [1.807, 2.05) is 40.1 Å². The monoisotopic (exact) mass is 1540 g/mol. The van der Waals surface area contributed by atoms with Crippen LogP contribution in [0, 0.1) is 6.57 Å². The molecule has 0 saturated heterocycles. The van der Waals surface area contributed by atoms with Crippen molar-refractivity contribution in [3.63, 3.8) is 0 Å². The maximum Gasteiger partial charge on any atom is 0.187 e. The Morgan fingerprint density at radius 2 is 0.556 bits per heavy atom. The van der Waals surface area contributed by atoms with Crippen LogP contribution in [-0.4, -0.2) is 0 Å². The second-order valence-electron chi connectivity index (χ2n) is 32.1. The van der Waals surface area contributed by atoms with Crippen molar-refractivity contribution in [2.45, 2.75) is 26.2 Å². The largest absolute Gasteiger partial charge is 0.238 e. The van der Waals surface area contributed by atoms with E-state index in [1.165, 1.54) is 229 Å². The minimum absolute atomic E-state index is 0.0203. The van der Waals surface area contributed by atoms with Crippen molar-refractivity contribution in [3.8, 4) is 44.5 Å². The molecule has 0 bridgehead atoms. The first-order valence-corrected chi connectivity index (χ1v) is 42.7. The molecule has 0 saturated carbocycles. The zero-order valence-electron chi connectivity index (χ0n) is 64.5. The number of hydrogen-bond donors (Lipinski definition) is 0. The summed E-state index contributed by atoms with van der Waals surface area (Å²) >= 11 is 5.69. The highest BCUT2D eigenvalue weighted by Gasteiger charge is 2.27. The van der Waals surface area contributed by atoms with Crippen LogP contribution in [0.5, 0.6) is 0 Å². The second-order valence-corrected chi connectivity index (χ2v) is 35.3. The van der Waals surface area contributed by atoms with Gasteiger partial charge in [-0.25, -0.2) is 4.85 Å². The molecule has 4 heteroatoms. The molecule has 0 N–H and O–H groups in total. The maximum absolute atomic E-state index is 7.65. The molecule has 0 spiro atoms. The lowest BCUT2D eigenvalue weighted by Crippen LogP contribution is -2.13. The lowest BCUT2D eigenvalue weighted by Gasteiger charge is -2.26. The quantitative estimate of drug-likeness (QED) is 0.0940. The fraction of sp³-hybridized carbons (Fsp3) is 0.0354. The van der Waals surface area contributed by atoms with E-state index in [-0.39, 0.29) is 5.41 Å². The van der Waals surface area contributed by atoms with E-state index in [2.05, 4.69) is 396 Å². The summed E-state index contributed by atoms with van der Waals surface area (Å²) in [6, 6.07) is 138. The molecule has 0 unspecified atom stereocenters. The summed E-state index contributed by atoms with van der Waals surface area (Å²) in [5, 5.41) is 38.9. The molecule has 0 atom stereocenters. The topological polar surface area (TPSA) is 4.36 Å². The van der Waals surface area contributed by atoms with Gasteiger partial charge in [0.1, 0.15) is 0 Å². The van der Waals surface area contributed by atoms with Crippen molar-refractivity contribution >= 4 is 229 Å². The molecule has 25 rings (SSSR count). The average Bonchev–Trinajstić information content (AvgIpc) is 1.71. The Morgan fingerprint density at radius 1 is 0.214 bits per heavy atom. The van der Waals surface area contributed by atoms with E-state index in [4.69, 9.17) is 6.57 Å². The van der Waals surface area contributed by atoms with Gasteiger partial charge in [-0.3, -0.25) is 0 Å². The summed E-state index contributed by atoms with van der Waals surface area (Å²) < 4.78 is 8.01. The van der Waals surface area contributed by atoms with E-state index in [9.17, 15) is 0 Å². The molecule has 3 heterocycles. The Bertz CT molecular complexity index is 8520. The Morgan fingerprint density at radius 3 is 1.04 bits per heavy atom.